The third kappa shape index (κ3) is 4.46. The van der Waals surface area contributed by atoms with Crippen LogP contribution in [0.15, 0.2) is 71.9 Å². The number of pyridine rings is 1. The second kappa shape index (κ2) is 8.34. The molecule has 29 heavy (non-hydrogen) atoms. The fourth-order valence-electron chi connectivity index (χ4n) is 2.67. The first kappa shape index (κ1) is 18.4. The number of hydrogen-bond donors (Lipinski definition) is 0. The lowest BCUT2D eigenvalue weighted by molar-refractivity contribution is 0.0772. The lowest BCUT2D eigenvalue weighted by Gasteiger charge is -2.14. The molecule has 3 aromatic heterocycles. The van der Waals surface area contributed by atoms with Crippen molar-refractivity contribution < 1.29 is 14.1 Å². The van der Waals surface area contributed by atoms with E-state index in [0.717, 1.165) is 11.4 Å². The molecule has 0 spiro atoms. The number of carbonyl (C=O) groups excluding carboxylic acids is 1. The number of hydrogen-bond acceptors (Lipinski definition) is 7. The van der Waals surface area contributed by atoms with E-state index in [9.17, 15) is 4.79 Å². The van der Waals surface area contributed by atoms with Crippen LogP contribution in [-0.2, 0) is 13.2 Å². The topological polar surface area (TPSA) is 99.2 Å². The van der Waals surface area contributed by atoms with Gasteiger partial charge >= 0.3 is 0 Å². The van der Waals surface area contributed by atoms with E-state index in [2.05, 4.69) is 20.2 Å². The first-order valence-corrected chi connectivity index (χ1v) is 8.88. The molecule has 0 aliphatic heterocycles. The highest BCUT2D eigenvalue weighted by Crippen LogP contribution is 2.17. The Morgan fingerprint density at radius 2 is 2.07 bits per heavy atom. The van der Waals surface area contributed by atoms with Gasteiger partial charge in [0.2, 0.25) is 0 Å². The number of aromatic nitrogens is 5. The van der Waals surface area contributed by atoms with Crippen molar-refractivity contribution in [3.8, 4) is 11.4 Å². The van der Waals surface area contributed by atoms with Crippen molar-refractivity contribution in [1.29, 1.82) is 0 Å². The molecule has 0 N–H and O–H groups in total. The van der Waals surface area contributed by atoms with Gasteiger partial charge in [-0.15, -0.1) is 0 Å². The maximum Gasteiger partial charge on any atom is 0.276 e. The average molecular weight is 390 g/mol. The quantitative estimate of drug-likeness (QED) is 0.478. The van der Waals surface area contributed by atoms with Crippen molar-refractivity contribution in [3.63, 3.8) is 0 Å². The van der Waals surface area contributed by atoms with Crippen LogP contribution in [0.4, 0.5) is 0 Å². The van der Waals surface area contributed by atoms with Crippen molar-refractivity contribution in [1.82, 2.24) is 29.8 Å². The highest BCUT2D eigenvalue weighted by atomic mass is 16.5. The summed E-state index contributed by atoms with van der Waals surface area (Å²) in [5.74, 6) is 0.869. The Kier molecular flexibility index (Phi) is 5.28. The van der Waals surface area contributed by atoms with E-state index >= 15 is 0 Å². The van der Waals surface area contributed by atoms with Crippen LogP contribution in [-0.4, -0.2) is 42.8 Å². The van der Waals surface area contributed by atoms with E-state index in [1.165, 1.54) is 11.2 Å². The molecule has 0 bridgehead atoms. The molecule has 0 saturated carbocycles. The van der Waals surface area contributed by atoms with E-state index in [0.29, 0.717) is 18.1 Å². The second-order valence-electron chi connectivity index (χ2n) is 6.28. The van der Waals surface area contributed by atoms with Crippen LogP contribution in [0.25, 0.3) is 5.69 Å². The molecule has 4 rings (SSSR count). The molecule has 0 unspecified atom stereocenters. The third-order valence-electron chi connectivity index (χ3n) is 4.15. The molecule has 0 fully saturated rings. The highest BCUT2D eigenvalue weighted by molar-refractivity contribution is 5.92. The van der Waals surface area contributed by atoms with Crippen molar-refractivity contribution in [2.75, 3.05) is 7.05 Å². The van der Waals surface area contributed by atoms with Gasteiger partial charge in [-0.1, -0.05) is 11.2 Å². The largest absolute Gasteiger partial charge is 0.486 e. The monoisotopic (exact) mass is 390 g/mol. The number of ether oxygens (including phenoxy) is 1. The lowest BCUT2D eigenvalue weighted by Crippen LogP contribution is -2.26. The van der Waals surface area contributed by atoms with E-state index in [1.807, 2.05) is 42.5 Å². The Bertz CT molecular complexity index is 1060. The number of rotatable bonds is 7. The minimum atomic E-state index is -0.247. The zero-order valence-electron chi connectivity index (χ0n) is 15.7. The number of carbonyl (C=O) groups is 1. The van der Waals surface area contributed by atoms with Crippen molar-refractivity contribution in [2.45, 2.75) is 13.2 Å². The Hall–Kier alpha value is -4.01. The summed E-state index contributed by atoms with van der Waals surface area (Å²) in [6.45, 7) is 0.545. The van der Waals surface area contributed by atoms with Crippen LogP contribution >= 0.6 is 0 Å². The van der Waals surface area contributed by atoms with Crippen LogP contribution in [0.1, 0.15) is 21.9 Å². The van der Waals surface area contributed by atoms with E-state index in [4.69, 9.17) is 9.26 Å². The molecule has 0 aliphatic rings. The summed E-state index contributed by atoms with van der Waals surface area (Å²) in [4.78, 5) is 22.2. The molecule has 0 aliphatic carbocycles. The van der Waals surface area contributed by atoms with Gasteiger partial charge in [-0.3, -0.25) is 9.78 Å². The molecular weight excluding hydrogens is 372 g/mol. The fourth-order valence-corrected chi connectivity index (χ4v) is 2.67. The molecule has 1 amide bonds. The van der Waals surface area contributed by atoms with Crippen LogP contribution in [0, 0.1) is 0 Å². The molecule has 0 atom stereocenters. The first-order valence-electron chi connectivity index (χ1n) is 8.88. The molecule has 9 nitrogen and oxygen atoms in total. The summed E-state index contributed by atoms with van der Waals surface area (Å²) in [6, 6.07) is 14.5. The summed E-state index contributed by atoms with van der Waals surface area (Å²) in [7, 11) is 1.69. The summed E-state index contributed by atoms with van der Waals surface area (Å²) >= 11 is 0. The van der Waals surface area contributed by atoms with Gasteiger partial charge in [0.05, 0.1) is 17.9 Å². The van der Waals surface area contributed by atoms with Gasteiger partial charge in [-0.2, -0.15) is 5.10 Å². The summed E-state index contributed by atoms with van der Waals surface area (Å²) in [5.41, 5.74) is 1.90. The van der Waals surface area contributed by atoms with Crippen molar-refractivity contribution in [2.24, 2.45) is 0 Å². The number of benzene rings is 1. The predicted octanol–water partition coefficient (Wildman–Crippen LogP) is 2.50. The fraction of sp³-hybridized carbons (Fsp3) is 0.150. The molecule has 1 aromatic carbocycles. The Morgan fingerprint density at radius 3 is 2.79 bits per heavy atom. The normalized spacial score (nSPS) is 10.7. The highest BCUT2D eigenvalue weighted by Gasteiger charge is 2.17. The predicted molar refractivity (Wildman–Crippen MR) is 102 cm³/mol. The standard InChI is InChI=1S/C20H18N6O3/c1-25(11-15-4-2-3-9-22-15)20(27)19-10-18(29-24-19)12-28-17-7-5-16(6-8-17)26-14-21-13-23-26/h2-10,13-14H,11-12H2,1H3. The SMILES string of the molecule is CN(Cc1ccccn1)C(=O)c1cc(COc2ccc(-n3cncn3)cc2)on1. The molecule has 3 heterocycles. The molecular formula is C20H18N6O3. The van der Waals surface area contributed by atoms with Gasteiger partial charge in [0, 0.05) is 19.3 Å². The van der Waals surface area contributed by atoms with E-state index in [1.54, 1.807) is 30.3 Å². The minimum absolute atomic E-state index is 0.160. The Balaban J connectivity index is 1.33. The zero-order chi connectivity index (χ0) is 20.1. The van der Waals surface area contributed by atoms with Gasteiger partial charge in [-0.05, 0) is 36.4 Å². The molecule has 9 heteroatoms. The molecule has 4 aromatic rings. The Morgan fingerprint density at radius 1 is 1.21 bits per heavy atom. The average Bonchev–Trinajstić information content (AvgIpc) is 3.45. The van der Waals surface area contributed by atoms with E-state index < -0.39 is 0 Å². The molecule has 146 valence electrons. The Labute approximate surface area is 166 Å². The summed E-state index contributed by atoms with van der Waals surface area (Å²) < 4.78 is 12.6. The van der Waals surface area contributed by atoms with Gasteiger partial charge in [-0.25, -0.2) is 9.67 Å². The van der Waals surface area contributed by atoms with Crippen molar-refractivity contribution >= 4 is 5.91 Å². The molecule has 0 radical (unpaired) electrons. The van der Waals surface area contributed by atoms with Crippen LogP contribution in [0.5, 0.6) is 5.75 Å². The molecule has 0 saturated heterocycles. The van der Waals surface area contributed by atoms with Gasteiger partial charge in [0.1, 0.15) is 25.0 Å². The first-order chi connectivity index (χ1) is 14.2. The maximum atomic E-state index is 12.5. The van der Waals surface area contributed by atoms with Gasteiger partial charge in [0.15, 0.2) is 11.5 Å². The minimum Gasteiger partial charge on any atom is -0.486 e. The van der Waals surface area contributed by atoms with Crippen LogP contribution < -0.4 is 4.74 Å². The smallest absolute Gasteiger partial charge is 0.276 e. The third-order valence-corrected chi connectivity index (χ3v) is 4.15. The second-order valence-corrected chi connectivity index (χ2v) is 6.28. The number of nitrogens with zero attached hydrogens (tertiary/aromatic N) is 6. The van der Waals surface area contributed by atoms with Crippen LogP contribution in [0.3, 0.4) is 0 Å². The van der Waals surface area contributed by atoms with Gasteiger partial charge < -0.3 is 14.2 Å². The van der Waals surface area contributed by atoms with Gasteiger partial charge in [0.25, 0.3) is 5.91 Å². The lowest BCUT2D eigenvalue weighted by atomic mass is 10.3. The summed E-state index contributed by atoms with van der Waals surface area (Å²) in [6.07, 6.45) is 4.78. The van der Waals surface area contributed by atoms with E-state index in [-0.39, 0.29) is 18.2 Å². The number of amides is 1. The van der Waals surface area contributed by atoms with Crippen LogP contribution in [0.2, 0.25) is 0 Å². The summed E-state index contributed by atoms with van der Waals surface area (Å²) in [5, 5.41) is 7.92. The maximum absolute atomic E-state index is 12.5. The zero-order valence-corrected chi connectivity index (χ0v) is 15.7. The van der Waals surface area contributed by atoms with Crippen molar-refractivity contribution in [3.05, 3.63) is 84.5 Å².